The van der Waals surface area contributed by atoms with Gasteiger partial charge >= 0.3 is 18.1 Å². The van der Waals surface area contributed by atoms with Crippen LogP contribution >= 0.6 is 11.6 Å². The molecule has 1 fully saturated rings. The van der Waals surface area contributed by atoms with E-state index in [0.29, 0.717) is 30.2 Å². The summed E-state index contributed by atoms with van der Waals surface area (Å²) in [6.45, 7) is 3.65. The third kappa shape index (κ3) is 8.81. The Hall–Kier alpha value is -3.54. The lowest BCUT2D eigenvalue weighted by atomic mass is 10.1. The number of piperazine rings is 1. The Morgan fingerprint density at radius 1 is 1.05 bits per heavy atom. The van der Waals surface area contributed by atoms with Crippen LogP contribution in [0.2, 0.25) is 5.02 Å². The van der Waals surface area contributed by atoms with Crippen molar-refractivity contribution in [3.63, 3.8) is 0 Å². The summed E-state index contributed by atoms with van der Waals surface area (Å²) in [5.41, 5.74) is 0.576. The van der Waals surface area contributed by atoms with E-state index >= 15 is 0 Å². The predicted molar refractivity (Wildman–Crippen MR) is 128 cm³/mol. The van der Waals surface area contributed by atoms with Gasteiger partial charge in [0.25, 0.3) is 10.0 Å². The molecule has 2 aromatic rings. The molecule has 0 unspecified atom stereocenters. The van der Waals surface area contributed by atoms with Crippen LogP contribution in [0.15, 0.2) is 47.4 Å². The summed E-state index contributed by atoms with van der Waals surface area (Å²) in [5.74, 6) is -3.98. The fourth-order valence-electron chi connectivity index (χ4n) is 3.25. The first-order valence-electron chi connectivity index (χ1n) is 10.5. The van der Waals surface area contributed by atoms with E-state index in [0.717, 1.165) is 19.6 Å². The maximum Gasteiger partial charge on any atom is 0.490 e. The van der Waals surface area contributed by atoms with Gasteiger partial charge in [0.05, 0.1) is 22.2 Å². The number of hydrogen-bond donors (Lipinski definition) is 3. The SMILES string of the molecule is N#CCCN1CCN(c2ccc(NS(=O)(=O)c3ccc(Cl)cc3)c(C(=O)O)c2)CC1.O=C(O)C(F)(F)F. The van der Waals surface area contributed by atoms with Crippen molar-refractivity contribution in [3.8, 4) is 6.07 Å². The fourth-order valence-corrected chi connectivity index (χ4v) is 4.46. The number of carbonyl (C=O) groups is 2. The number of rotatable bonds is 7. The van der Waals surface area contributed by atoms with Gasteiger partial charge in [-0.1, -0.05) is 11.6 Å². The number of carboxylic acids is 2. The predicted octanol–water partition coefficient (Wildman–Crippen LogP) is 3.51. The van der Waals surface area contributed by atoms with Gasteiger partial charge in [-0.2, -0.15) is 18.4 Å². The molecule has 0 aliphatic carbocycles. The van der Waals surface area contributed by atoms with Crippen molar-refractivity contribution >= 4 is 44.9 Å². The zero-order valence-electron chi connectivity index (χ0n) is 19.1. The van der Waals surface area contributed by atoms with Gasteiger partial charge in [-0.15, -0.1) is 0 Å². The van der Waals surface area contributed by atoms with Crippen LogP contribution in [0.3, 0.4) is 0 Å². The van der Waals surface area contributed by atoms with Gasteiger partial charge in [-0.3, -0.25) is 9.62 Å². The standard InChI is InChI=1S/C20H21ClN4O4S.C2HF3O2/c21-15-2-5-17(6-3-15)30(28,29)23-19-7-4-16(14-18(19)20(26)27)25-12-10-24(11-13-25)9-1-8-22;3-2(4,5)1(6)7/h2-7,14,23H,1,9-13H2,(H,26,27);(H,6,7). The largest absolute Gasteiger partial charge is 0.490 e. The lowest BCUT2D eigenvalue weighted by Gasteiger charge is -2.36. The molecule has 0 aromatic heterocycles. The van der Waals surface area contributed by atoms with Gasteiger partial charge in [0.1, 0.15) is 0 Å². The molecular weight excluding hydrogens is 541 g/mol. The van der Waals surface area contributed by atoms with Crippen LogP contribution < -0.4 is 9.62 Å². The second kappa shape index (κ2) is 12.6. The van der Waals surface area contributed by atoms with E-state index in [1.807, 2.05) is 4.90 Å². The molecule has 1 heterocycles. The van der Waals surface area contributed by atoms with E-state index in [2.05, 4.69) is 15.7 Å². The van der Waals surface area contributed by atoms with Crippen molar-refractivity contribution < 1.29 is 41.4 Å². The maximum absolute atomic E-state index is 12.6. The molecule has 0 saturated carbocycles. The lowest BCUT2D eigenvalue weighted by molar-refractivity contribution is -0.192. The van der Waals surface area contributed by atoms with E-state index in [9.17, 15) is 31.5 Å². The first-order valence-corrected chi connectivity index (χ1v) is 12.4. The number of alkyl halides is 3. The van der Waals surface area contributed by atoms with Gasteiger partial charge < -0.3 is 15.1 Å². The first-order chi connectivity index (χ1) is 17.2. The monoisotopic (exact) mass is 562 g/mol. The molecule has 2 aromatic carbocycles. The van der Waals surface area contributed by atoms with Crippen LogP contribution in [0.4, 0.5) is 24.5 Å². The second-order valence-corrected chi connectivity index (χ2v) is 9.75. The minimum Gasteiger partial charge on any atom is -0.478 e. The number of nitriles is 1. The number of nitrogens with one attached hydrogen (secondary N) is 1. The van der Waals surface area contributed by atoms with Crippen LogP contribution in [0.1, 0.15) is 16.8 Å². The van der Waals surface area contributed by atoms with Gasteiger partial charge in [-0.25, -0.2) is 18.0 Å². The summed E-state index contributed by atoms with van der Waals surface area (Å²) in [6.07, 6.45) is -4.61. The minimum absolute atomic E-state index is 0.00569. The Kier molecular flexibility index (Phi) is 10.1. The van der Waals surface area contributed by atoms with Crippen molar-refractivity contribution in [3.05, 3.63) is 53.1 Å². The third-order valence-corrected chi connectivity index (χ3v) is 6.75. The van der Waals surface area contributed by atoms with Gasteiger partial charge in [0, 0.05) is 49.9 Å². The van der Waals surface area contributed by atoms with E-state index in [1.54, 1.807) is 6.07 Å². The summed E-state index contributed by atoms with van der Waals surface area (Å²) in [7, 11) is -3.96. The number of hydrogen-bond acceptors (Lipinski definition) is 7. The number of benzene rings is 2. The number of nitrogens with zero attached hydrogens (tertiary/aromatic N) is 3. The molecule has 1 aliphatic heterocycles. The fraction of sp³-hybridized carbons (Fsp3) is 0.318. The maximum atomic E-state index is 12.6. The molecule has 10 nitrogen and oxygen atoms in total. The van der Waals surface area contributed by atoms with Crippen molar-refractivity contribution in [1.82, 2.24) is 4.90 Å². The van der Waals surface area contributed by atoms with E-state index < -0.39 is 28.1 Å². The van der Waals surface area contributed by atoms with Crippen LogP contribution in [0, 0.1) is 11.3 Å². The zero-order chi connectivity index (χ0) is 27.8. The molecule has 1 saturated heterocycles. The van der Waals surface area contributed by atoms with Crippen LogP contribution in [0.25, 0.3) is 0 Å². The Morgan fingerprint density at radius 2 is 1.62 bits per heavy atom. The first kappa shape index (κ1) is 29.7. The number of aromatic carboxylic acids is 1. The molecule has 0 spiro atoms. The quantitative estimate of drug-likeness (QED) is 0.460. The summed E-state index contributed by atoms with van der Waals surface area (Å²) < 4.78 is 59.3. The third-order valence-electron chi connectivity index (χ3n) is 5.12. The molecule has 0 amide bonds. The second-order valence-electron chi connectivity index (χ2n) is 7.63. The zero-order valence-corrected chi connectivity index (χ0v) is 20.6. The van der Waals surface area contributed by atoms with Crippen molar-refractivity contribution in [1.29, 1.82) is 5.26 Å². The molecule has 0 atom stereocenters. The van der Waals surface area contributed by atoms with Crippen molar-refractivity contribution in [2.75, 3.05) is 42.3 Å². The van der Waals surface area contributed by atoms with Crippen molar-refractivity contribution in [2.45, 2.75) is 17.5 Å². The Bertz CT molecular complexity index is 1260. The molecule has 0 bridgehead atoms. The summed E-state index contributed by atoms with van der Waals surface area (Å²) >= 11 is 5.80. The van der Waals surface area contributed by atoms with Crippen LogP contribution in [-0.2, 0) is 14.8 Å². The highest BCUT2D eigenvalue weighted by Crippen LogP contribution is 2.27. The Morgan fingerprint density at radius 3 is 2.11 bits per heavy atom. The summed E-state index contributed by atoms with van der Waals surface area (Å²) in [6, 6.07) is 12.4. The molecule has 1 aliphatic rings. The number of aliphatic carboxylic acids is 1. The molecule has 3 rings (SSSR count). The van der Waals surface area contributed by atoms with Crippen LogP contribution in [0.5, 0.6) is 0 Å². The molecular formula is C22H22ClF3N4O6S. The normalized spacial score (nSPS) is 14.2. The number of halogens is 4. The van der Waals surface area contributed by atoms with Crippen LogP contribution in [-0.4, -0.2) is 74.4 Å². The average Bonchev–Trinajstić information content (AvgIpc) is 2.83. The van der Waals surface area contributed by atoms with E-state index in [1.165, 1.54) is 36.4 Å². The lowest BCUT2D eigenvalue weighted by Crippen LogP contribution is -2.46. The smallest absolute Gasteiger partial charge is 0.478 e. The summed E-state index contributed by atoms with van der Waals surface area (Å²) in [5, 5.41) is 25.9. The summed E-state index contributed by atoms with van der Waals surface area (Å²) in [4.78, 5) is 24.9. The van der Waals surface area contributed by atoms with E-state index in [-0.39, 0.29) is 16.1 Å². The Balaban J connectivity index is 0.000000604. The molecule has 0 radical (unpaired) electrons. The molecule has 3 N–H and O–H groups in total. The van der Waals surface area contributed by atoms with Crippen molar-refractivity contribution in [2.24, 2.45) is 0 Å². The molecule has 15 heteroatoms. The van der Waals surface area contributed by atoms with Gasteiger partial charge in [0.2, 0.25) is 0 Å². The number of sulfonamides is 1. The minimum atomic E-state index is -5.08. The number of carboxylic acid groups (broad SMARTS) is 2. The van der Waals surface area contributed by atoms with E-state index in [4.69, 9.17) is 26.8 Å². The van der Waals surface area contributed by atoms with Gasteiger partial charge in [-0.05, 0) is 42.5 Å². The molecule has 37 heavy (non-hydrogen) atoms. The molecule has 200 valence electrons. The Labute approximate surface area is 215 Å². The highest BCUT2D eigenvalue weighted by Gasteiger charge is 2.38. The topological polar surface area (TPSA) is 151 Å². The van der Waals surface area contributed by atoms with Gasteiger partial charge in [0.15, 0.2) is 0 Å². The number of anilines is 2. The highest BCUT2D eigenvalue weighted by molar-refractivity contribution is 7.92. The highest BCUT2D eigenvalue weighted by atomic mass is 35.5. The average molecular weight is 563 g/mol.